The summed E-state index contributed by atoms with van der Waals surface area (Å²) >= 11 is 0. The number of ketones is 1. The predicted octanol–water partition coefficient (Wildman–Crippen LogP) is 5.68. The Kier molecular flexibility index (Phi) is 5.58. The van der Waals surface area contributed by atoms with Crippen LogP contribution in [0.15, 0.2) is 48.7 Å². The number of hydrogen-bond donors (Lipinski definition) is 0. The molecule has 0 amide bonds. The summed E-state index contributed by atoms with van der Waals surface area (Å²) < 4.78 is 8.18. The van der Waals surface area contributed by atoms with Gasteiger partial charge in [0.25, 0.3) is 0 Å². The number of para-hydroxylation sites is 1. The van der Waals surface area contributed by atoms with Crippen molar-refractivity contribution < 1.29 is 9.53 Å². The van der Waals surface area contributed by atoms with Crippen LogP contribution >= 0.6 is 0 Å². The van der Waals surface area contributed by atoms with Gasteiger partial charge in [0.05, 0.1) is 7.11 Å². The van der Waals surface area contributed by atoms with Crippen molar-refractivity contribution in [3.05, 3.63) is 65.4 Å². The van der Waals surface area contributed by atoms with Gasteiger partial charge in [0, 0.05) is 48.4 Å². The molecule has 0 atom stereocenters. The number of nitrogens with zero attached hydrogens (tertiary/aromatic N) is 2. The van der Waals surface area contributed by atoms with Gasteiger partial charge in [0.2, 0.25) is 0 Å². The van der Waals surface area contributed by atoms with E-state index in [4.69, 9.17) is 4.74 Å². The number of ether oxygens (including phenoxy) is 1. The molecular formula is C28H34N2O2. The molecule has 1 fully saturated rings. The molecule has 0 bridgehead atoms. The van der Waals surface area contributed by atoms with E-state index in [1.54, 1.807) is 7.11 Å². The minimum Gasteiger partial charge on any atom is -0.496 e. The quantitative estimate of drug-likeness (QED) is 0.522. The maximum atomic E-state index is 13.0. The number of Topliss-reactive ketones (excluding diaryl/α,β-unsaturated/α-hetero) is 1. The van der Waals surface area contributed by atoms with E-state index in [1.165, 1.54) is 34.9 Å². The summed E-state index contributed by atoms with van der Waals surface area (Å²) in [4.78, 5) is 15.6. The fraction of sp³-hybridized carbons (Fsp3) is 0.464. The number of fused-ring (bicyclic) bond motifs is 2. The SMILES string of the molecule is COc1ccc2c(c1CCN1CCC(n3ccc4ccccc43)CC1)CCC(C)(C)C2=O. The molecule has 1 saturated heterocycles. The smallest absolute Gasteiger partial charge is 0.168 e. The molecule has 2 aromatic carbocycles. The van der Waals surface area contributed by atoms with E-state index in [2.05, 4.69) is 59.8 Å². The molecular weight excluding hydrogens is 396 g/mol. The number of hydrogen-bond acceptors (Lipinski definition) is 3. The average molecular weight is 431 g/mol. The van der Waals surface area contributed by atoms with Gasteiger partial charge in [-0.15, -0.1) is 0 Å². The van der Waals surface area contributed by atoms with E-state index in [9.17, 15) is 4.79 Å². The second-order valence-corrected chi connectivity index (χ2v) is 10.1. The van der Waals surface area contributed by atoms with Gasteiger partial charge in [-0.3, -0.25) is 4.79 Å². The highest BCUT2D eigenvalue weighted by Crippen LogP contribution is 2.39. The van der Waals surface area contributed by atoms with E-state index >= 15 is 0 Å². The van der Waals surface area contributed by atoms with E-state index < -0.39 is 0 Å². The molecule has 0 N–H and O–H groups in total. The number of methoxy groups -OCH3 is 1. The molecule has 1 aliphatic heterocycles. The molecule has 0 saturated carbocycles. The van der Waals surface area contributed by atoms with Crippen LogP contribution in [0.1, 0.15) is 60.6 Å². The highest BCUT2D eigenvalue weighted by atomic mass is 16.5. The molecule has 3 aromatic rings. The van der Waals surface area contributed by atoms with Crippen molar-refractivity contribution in [2.45, 2.75) is 52.0 Å². The Morgan fingerprint density at radius 2 is 1.84 bits per heavy atom. The van der Waals surface area contributed by atoms with Crippen LogP contribution in [0.3, 0.4) is 0 Å². The molecule has 1 aromatic heterocycles. The standard InChI is InChI=1S/C28H34N2O2/c1-28(2)15-10-22-23(26(32-3)9-8-24(22)27(28)31)14-18-29-16-12-21(13-17-29)30-19-11-20-6-4-5-7-25(20)30/h4-9,11,19,21H,10,12-18H2,1-3H3. The Labute approximate surface area is 191 Å². The van der Waals surface area contributed by atoms with Crippen LogP contribution in [-0.4, -0.2) is 42.0 Å². The summed E-state index contributed by atoms with van der Waals surface area (Å²) in [6.07, 6.45) is 7.42. The summed E-state index contributed by atoms with van der Waals surface area (Å²) in [5.41, 5.74) is 4.47. The molecule has 4 heteroatoms. The first-order valence-corrected chi connectivity index (χ1v) is 12.0. The molecule has 1 aliphatic carbocycles. The van der Waals surface area contributed by atoms with Gasteiger partial charge < -0.3 is 14.2 Å². The lowest BCUT2D eigenvalue weighted by Gasteiger charge is -2.34. The molecule has 4 nitrogen and oxygen atoms in total. The highest BCUT2D eigenvalue weighted by molar-refractivity contribution is 6.02. The van der Waals surface area contributed by atoms with Gasteiger partial charge in [-0.25, -0.2) is 0 Å². The normalized spacial score (nSPS) is 19.3. The van der Waals surface area contributed by atoms with Gasteiger partial charge >= 0.3 is 0 Å². The maximum Gasteiger partial charge on any atom is 0.168 e. The fourth-order valence-corrected chi connectivity index (χ4v) is 5.66. The van der Waals surface area contributed by atoms with Crippen LogP contribution in [0.5, 0.6) is 5.75 Å². The summed E-state index contributed by atoms with van der Waals surface area (Å²) in [6.45, 7) is 7.38. The van der Waals surface area contributed by atoms with Crippen LogP contribution in [0.2, 0.25) is 0 Å². The zero-order valence-corrected chi connectivity index (χ0v) is 19.6. The second-order valence-electron chi connectivity index (χ2n) is 10.1. The van der Waals surface area contributed by atoms with Crippen LogP contribution in [-0.2, 0) is 12.8 Å². The number of likely N-dealkylation sites (tertiary alicyclic amines) is 1. The van der Waals surface area contributed by atoms with E-state index in [0.29, 0.717) is 6.04 Å². The lowest BCUT2D eigenvalue weighted by Crippen LogP contribution is -2.36. The van der Waals surface area contributed by atoms with Crippen molar-refractivity contribution in [2.24, 2.45) is 5.41 Å². The van der Waals surface area contributed by atoms with Crippen molar-refractivity contribution in [1.29, 1.82) is 0 Å². The van der Waals surface area contributed by atoms with Gasteiger partial charge in [-0.1, -0.05) is 32.0 Å². The first kappa shape index (κ1) is 21.3. The fourth-order valence-electron chi connectivity index (χ4n) is 5.66. The molecule has 32 heavy (non-hydrogen) atoms. The Hall–Kier alpha value is -2.59. The predicted molar refractivity (Wildman–Crippen MR) is 130 cm³/mol. The van der Waals surface area contributed by atoms with E-state index in [0.717, 1.165) is 50.2 Å². The third-order valence-electron chi connectivity index (χ3n) is 7.73. The topological polar surface area (TPSA) is 34.5 Å². The van der Waals surface area contributed by atoms with Gasteiger partial charge in [-0.2, -0.15) is 0 Å². The van der Waals surface area contributed by atoms with Crippen molar-refractivity contribution in [3.8, 4) is 5.75 Å². The Bertz CT molecular complexity index is 1140. The zero-order valence-electron chi connectivity index (χ0n) is 19.6. The summed E-state index contributed by atoms with van der Waals surface area (Å²) in [6, 6.07) is 15.5. The largest absolute Gasteiger partial charge is 0.496 e. The number of rotatable bonds is 5. The summed E-state index contributed by atoms with van der Waals surface area (Å²) in [5.74, 6) is 1.22. The van der Waals surface area contributed by atoms with Gasteiger partial charge in [0.15, 0.2) is 5.78 Å². The van der Waals surface area contributed by atoms with Crippen molar-refractivity contribution in [3.63, 3.8) is 0 Å². The third-order valence-corrected chi connectivity index (χ3v) is 7.73. The minimum absolute atomic E-state index is 0.261. The second kappa shape index (κ2) is 8.40. The lowest BCUT2D eigenvalue weighted by atomic mass is 9.72. The van der Waals surface area contributed by atoms with Gasteiger partial charge in [0.1, 0.15) is 5.75 Å². The summed E-state index contributed by atoms with van der Waals surface area (Å²) in [5, 5.41) is 1.33. The number of benzene rings is 2. The Morgan fingerprint density at radius 3 is 2.62 bits per heavy atom. The highest BCUT2D eigenvalue weighted by Gasteiger charge is 2.35. The number of carbonyl (C=O) groups is 1. The molecule has 0 unspecified atom stereocenters. The molecule has 5 rings (SSSR count). The number of piperidine rings is 1. The maximum absolute atomic E-state index is 13.0. The molecule has 0 radical (unpaired) electrons. The van der Waals surface area contributed by atoms with Gasteiger partial charge in [-0.05, 0) is 72.9 Å². The van der Waals surface area contributed by atoms with Crippen LogP contribution in [0.25, 0.3) is 10.9 Å². The van der Waals surface area contributed by atoms with Crippen molar-refractivity contribution in [1.82, 2.24) is 9.47 Å². The molecule has 2 heterocycles. The minimum atomic E-state index is -0.261. The Balaban J connectivity index is 1.27. The van der Waals surface area contributed by atoms with E-state index in [1.807, 2.05) is 12.1 Å². The zero-order chi connectivity index (χ0) is 22.3. The number of carbonyl (C=O) groups excluding carboxylic acids is 1. The lowest BCUT2D eigenvalue weighted by molar-refractivity contribution is 0.0810. The van der Waals surface area contributed by atoms with E-state index in [-0.39, 0.29) is 11.2 Å². The average Bonchev–Trinajstić information content (AvgIpc) is 3.24. The van der Waals surface area contributed by atoms with Crippen molar-refractivity contribution >= 4 is 16.7 Å². The van der Waals surface area contributed by atoms with Crippen molar-refractivity contribution in [2.75, 3.05) is 26.7 Å². The first-order valence-electron chi connectivity index (χ1n) is 12.0. The van der Waals surface area contributed by atoms with Crippen LogP contribution in [0.4, 0.5) is 0 Å². The third kappa shape index (κ3) is 3.75. The molecule has 168 valence electrons. The molecule has 2 aliphatic rings. The monoisotopic (exact) mass is 430 g/mol. The van der Waals surface area contributed by atoms with Crippen LogP contribution in [0, 0.1) is 5.41 Å². The Morgan fingerprint density at radius 1 is 1.06 bits per heavy atom. The number of aromatic nitrogens is 1. The molecule has 0 spiro atoms. The van der Waals surface area contributed by atoms with Crippen LogP contribution < -0.4 is 4.74 Å². The first-order chi connectivity index (χ1) is 15.5. The summed E-state index contributed by atoms with van der Waals surface area (Å²) in [7, 11) is 1.74.